The highest BCUT2D eigenvalue weighted by Crippen LogP contribution is 2.17. The van der Waals surface area contributed by atoms with E-state index >= 15 is 0 Å². The van der Waals surface area contributed by atoms with Gasteiger partial charge in [0.25, 0.3) is 0 Å². The summed E-state index contributed by atoms with van der Waals surface area (Å²) in [5.74, 6) is 0.699. The Balaban J connectivity index is 2.72. The molecule has 1 rings (SSSR count). The second-order valence-corrected chi connectivity index (χ2v) is 3.75. The monoisotopic (exact) mass is 156 g/mol. The maximum atomic E-state index is 5.70. The zero-order chi connectivity index (χ0) is 8.65. The molecule has 0 saturated carbocycles. The van der Waals surface area contributed by atoms with Crippen LogP contribution in [0.1, 0.15) is 20.8 Å². The van der Waals surface area contributed by atoms with Crippen molar-refractivity contribution in [1.29, 1.82) is 0 Å². The van der Waals surface area contributed by atoms with Crippen LogP contribution >= 0.6 is 0 Å². The Labute approximate surface area is 67.2 Å². The number of hydrogen-bond acceptors (Lipinski definition) is 4. The van der Waals surface area contributed by atoms with Crippen LogP contribution in [-0.2, 0) is 0 Å². The van der Waals surface area contributed by atoms with E-state index in [1.807, 2.05) is 5.01 Å². The number of hydrazine groups is 1. The normalized spacial score (nSPS) is 25.6. The fraction of sp³-hybridized carbons (Fsp3) is 0.714. The first-order chi connectivity index (χ1) is 4.91. The average molecular weight is 156 g/mol. The molecule has 11 heavy (non-hydrogen) atoms. The third kappa shape index (κ3) is 1.64. The molecule has 4 heteroatoms. The van der Waals surface area contributed by atoms with Crippen LogP contribution in [-0.4, -0.2) is 16.7 Å². The van der Waals surface area contributed by atoms with Crippen molar-refractivity contribution in [2.24, 2.45) is 11.5 Å². The van der Waals surface area contributed by atoms with Crippen LogP contribution in [0.25, 0.3) is 0 Å². The molecule has 0 aromatic rings. The Morgan fingerprint density at radius 2 is 2.09 bits per heavy atom. The summed E-state index contributed by atoms with van der Waals surface area (Å²) in [5, 5.41) is 1.87. The molecule has 64 valence electrons. The van der Waals surface area contributed by atoms with Gasteiger partial charge in [-0.1, -0.05) is 0 Å². The lowest BCUT2D eigenvalue weighted by Gasteiger charge is -2.34. The van der Waals surface area contributed by atoms with Crippen LogP contribution in [0.2, 0.25) is 0 Å². The summed E-state index contributed by atoms with van der Waals surface area (Å²) in [6.45, 7) is 6.20. The van der Waals surface area contributed by atoms with Gasteiger partial charge in [-0.15, -0.1) is 0 Å². The topological polar surface area (TPSA) is 67.3 Å². The molecule has 1 unspecified atom stereocenters. The lowest BCUT2D eigenvalue weighted by Crippen LogP contribution is -2.51. The van der Waals surface area contributed by atoms with Gasteiger partial charge in [0, 0.05) is 5.54 Å². The summed E-state index contributed by atoms with van der Waals surface area (Å²) in [6, 6.07) is 0. The van der Waals surface area contributed by atoms with E-state index in [2.05, 4.69) is 26.2 Å². The molecule has 1 atom stereocenters. The van der Waals surface area contributed by atoms with E-state index in [9.17, 15) is 0 Å². The second kappa shape index (κ2) is 2.39. The van der Waals surface area contributed by atoms with E-state index in [4.69, 9.17) is 11.5 Å². The minimum absolute atomic E-state index is 0.0191. The van der Waals surface area contributed by atoms with Gasteiger partial charge in [0.15, 0.2) is 0 Å². The molecule has 0 spiro atoms. The van der Waals surface area contributed by atoms with Crippen molar-refractivity contribution in [3.8, 4) is 0 Å². The fourth-order valence-corrected chi connectivity index (χ4v) is 1.10. The molecule has 0 saturated heterocycles. The molecule has 0 bridgehead atoms. The fourth-order valence-electron chi connectivity index (χ4n) is 1.10. The summed E-state index contributed by atoms with van der Waals surface area (Å²) in [4.78, 5) is 0. The molecule has 0 amide bonds. The summed E-state index contributed by atoms with van der Waals surface area (Å²) in [7, 11) is 0. The van der Waals surface area contributed by atoms with Crippen molar-refractivity contribution in [2.75, 3.05) is 0 Å². The summed E-state index contributed by atoms with van der Waals surface area (Å²) in [6.07, 6.45) is 1.65. The molecule has 0 radical (unpaired) electrons. The number of nitrogens with two attached hydrogens (primary N) is 2. The highest BCUT2D eigenvalue weighted by atomic mass is 15.6. The quantitative estimate of drug-likeness (QED) is 0.450. The predicted octanol–water partition coefficient (Wildman–Crippen LogP) is -0.310. The molecule has 1 heterocycles. The van der Waals surface area contributed by atoms with E-state index in [0.717, 1.165) is 0 Å². The number of nitrogens with one attached hydrogen (secondary N) is 1. The molecule has 1 aliphatic heterocycles. The van der Waals surface area contributed by atoms with Gasteiger partial charge in [0.1, 0.15) is 5.82 Å². The van der Waals surface area contributed by atoms with Gasteiger partial charge < -0.3 is 11.5 Å². The van der Waals surface area contributed by atoms with Crippen LogP contribution in [0.3, 0.4) is 0 Å². The second-order valence-electron chi connectivity index (χ2n) is 3.75. The maximum absolute atomic E-state index is 5.70. The molecule has 0 aromatic heterocycles. The van der Waals surface area contributed by atoms with Gasteiger partial charge in [-0.25, -0.2) is 5.43 Å². The summed E-state index contributed by atoms with van der Waals surface area (Å²) in [5.41, 5.74) is 14.3. The average Bonchev–Trinajstić information content (AvgIpc) is 2.08. The lowest BCUT2D eigenvalue weighted by atomic mass is 10.1. The van der Waals surface area contributed by atoms with Crippen LogP contribution in [0.15, 0.2) is 11.9 Å². The Kier molecular flexibility index (Phi) is 1.82. The van der Waals surface area contributed by atoms with Crippen LogP contribution in [0, 0.1) is 0 Å². The highest BCUT2D eigenvalue weighted by molar-refractivity contribution is 5.08. The van der Waals surface area contributed by atoms with Gasteiger partial charge in [-0.2, -0.15) is 0 Å². The maximum Gasteiger partial charge on any atom is 0.113 e. The van der Waals surface area contributed by atoms with E-state index < -0.39 is 0 Å². The molecular formula is C7H16N4. The third-order valence-corrected chi connectivity index (χ3v) is 1.56. The molecule has 1 aliphatic rings. The van der Waals surface area contributed by atoms with Gasteiger partial charge in [0.05, 0.1) is 6.17 Å². The van der Waals surface area contributed by atoms with Crippen LogP contribution < -0.4 is 16.9 Å². The minimum atomic E-state index is -0.144. The van der Waals surface area contributed by atoms with Crippen molar-refractivity contribution >= 4 is 0 Å². The highest BCUT2D eigenvalue weighted by Gasteiger charge is 2.27. The lowest BCUT2D eigenvalue weighted by molar-refractivity contribution is 0.124. The zero-order valence-corrected chi connectivity index (χ0v) is 7.26. The van der Waals surface area contributed by atoms with Crippen molar-refractivity contribution in [3.63, 3.8) is 0 Å². The zero-order valence-electron chi connectivity index (χ0n) is 7.26. The molecule has 5 N–H and O–H groups in total. The first-order valence-corrected chi connectivity index (χ1v) is 3.70. The smallest absolute Gasteiger partial charge is 0.113 e. The minimum Gasteiger partial charge on any atom is -0.384 e. The molecule has 0 aliphatic carbocycles. The van der Waals surface area contributed by atoms with Gasteiger partial charge in [-0.3, -0.25) is 5.01 Å². The van der Waals surface area contributed by atoms with Gasteiger partial charge in [0.2, 0.25) is 0 Å². The van der Waals surface area contributed by atoms with Crippen molar-refractivity contribution in [3.05, 3.63) is 11.9 Å². The van der Waals surface area contributed by atoms with Crippen molar-refractivity contribution < 1.29 is 0 Å². The number of rotatable bonds is 0. The van der Waals surface area contributed by atoms with E-state index in [1.165, 1.54) is 0 Å². The van der Waals surface area contributed by atoms with Gasteiger partial charge in [-0.05, 0) is 26.8 Å². The SMILES string of the molecule is CC(C)(C)N1NC(N)C=C1N. The third-order valence-electron chi connectivity index (χ3n) is 1.56. The van der Waals surface area contributed by atoms with Gasteiger partial charge >= 0.3 is 0 Å². The van der Waals surface area contributed by atoms with Crippen LogP contribution in [0.4, 0.5) is 0 Å². The largest absolute Gasteiger partial charge is 0.384 e. The van der Waals surface area contributed by atoms with Crippen LogP contribution in [0.5, 0.6) is 0 Å². The number of hydrogen-bond donors (Lipinski definition) is 3. The first-order valence-electron chi connectivity index (χ1n) is 3.70. The molecule has 0 aromatic carbocycles. The van der Waals surface area contributed by atoms with E-state index in [0.29, 0.717) is 5.82 Å². The first kappa shape index (κ1) is 8.36. The van der Waals surface area contributed by atoms with Crippen molar-refractivity contribution in [2.45, 2.75) is 32.5 Å². The summed E-state index contributed by atoms with van der Waals surface area (Å²) >= 11 is 0. The van der Waals surface area contributed by atoms with E-state index in [-0.39, 0.29) is 11.7 Å². The Morgan fingerprint density at radius 3 is 2.27 bits per heavy atom. The molecule has 4 nitrogen and oxygen atoms in total. The molecule has 0 fully saturated rings. The Morgan fingerprint density at radius 1 is 1.55 bits per heavy atom. The summed E-state index contributed by atoms with van der Waals surface area (Å²) < 4.78 is 0. The van der Waals surface area contributed by atoms with Crippen molar-refractivity contribution in [1.82, 2.24) is 10.4 Å². The predicted molar refractivity (Wildman–Crippen MR) is 45.0 cm³/mol. The van der Waals surface area contributed by atoms with E-state index in [1.54, 1.807) is 6.08 Å². The Bertz CT molecular complexity index is 179. The standard InChI is InChI=1S/C7H16N4/c1-7(2,3)11-6(9)4-5(8)10-11/h4-5,10H,8-9H2,1-3H3. The Hall–Kier alpha value is -0.740. The number of nitrogens with zero attached hydrogens (tertiary/aromatic N) is 1. The molecular weight excluding hydrogens is 140 g/mol.